The summed E-state index contributed by atoms with van der Waals surface area (Å²) < 4.78 is 28.1. The van der Waals surface area contributed by atoms with Crippen molar-refractivity contribution in [1.82, 2.24) is 9.97 Å². The molecule has 9 heteroatoms. The fourth-order valence-electron chi connectivity index (χ4n) is 1.59. The lowest BCUT2D eigenvalue weighted by molar-refractivity contribution is 0.352. The highest BCUT2D eigenvalue weighted by Gasteiger charge is 2.22. The molecule has 0 fully saturated rings. The summed E-state index contributed by atoms with van der Waals surface area (Å²) in [6, 6.07) is 4.50. The molecule has 0 spiro atoms. The van der Waals surface area contributed by atoms with E-state index in [4.69, 9.17) is 27.9 Å². The highest BCUT2D eigenvalue weighted by molar-refractivity contribution is 7.90. The highest BCUT2D eigenvalue weighted by Crippen LogP contribution is 2.38. The van der Waals surface area contributed by atoms with Crippen LogP contribution < -0.4 is 4.74 Å². The van der Waals surface area contributed by atoms with Crippen molar-refractivity contribution in [2.45, 2.75) is 5.16 Å². The smallest absolute Gasteiger partial charge is 0.261 e. The number of ether oxygens (including phenoxy) is 1. The molecule has 0 aliphatic carbocycles. The Bertz CT molecular complexity index is 809. The van der Waals surface area contributed by atoms with Crippen molar-refractivity contribution < 1.29 is 18.3 Å². The van der Waals surface area contributed by atoms with Gasteiger partial charge in [0.25, 0.3) is 11.0 Å². The molecule has 2 rings (SSSR count). The number of hydrogen-bond acceptors (Lipinski definition) is 6. The number of nitrogens with zero attached hydrogens (tertiary/aromatic N) is 2. The van der Waals surface area contributed by atoms with Gasteiger partial charge in [0.2, 0.25) is 15.6 Å². The summed E-state index contributed by atoms with van der Waals surface area (Å²) in [5, 5.41) is 10.2. The van der Waals surface area contributed by atoms with Gasteiger partial charge in [-0.05, 0) is 18.2 Å². The summed E-state index contributed by atoms with van der Waals surface area (Å²) in [5.74, 6) is -0.666. The number of rotatable bonds is 3. The van der Waals surface area contributed by atoms with Crippen molar-refractivity contribution in [2.24, 2.45) is 0 Å². The summed E-state index contributed by atoms with van der Waals surface area (Å²) in [5.41, 5.74) is 0.258. The third-order valence-electron chi connectivity index (χ3n) is 2.54. The summed E-state index contributed by atoms with van der Waals surface area (Å²) in [6.45, 7) is 0. The zero-order valence-corrected chi connectivity index (χ0v) is 13.3. The summed E-state index contributed by atoms with van der Waals surface area (Å²) in [7, 11) is -2.43. The van der Waals surface area contributed by atoms with E-state index in [1.54, 1.807) is 0 Å². The Balaban J connectivity index is 2.78. The van der Waals surface area contributed by atoms with E-state index in [9.17, 15) is 13.5 Å². The Morgan fingerprint density at radius 1 is 1.24 bits per heavy atom. The van der Waals surface area contributed by atoms with Crippen LogP contribution in [-0.4, -0.2) is 36.9 Å². The summed E-state index contributed by atoms with van der Waals surface area (Å²) in [6.07, 6.45) is 0.950. The fraction of sp³-hybridized carbons (Fsp3) is 0.167. The van der Waals surface area contributed by atoms with E-state index in [2.05, 4.69) is 9.97 Å². The number of halogens is 2. The van der Waals surface area contributed by atoms with Gasteiger partial charge in [0.15, 0.2) is 0 Å². The van der Waals surface area contributed by atoms with Crippen LogP contribution in [0, 0.1) is 0 Å². The first-order valence-electron chi connectivity index (χ1n) is 5.54. The molecule has 2 aromatic rings. The largest absolute Gasteiger partial charge is 0.502 e. The molecule has 6 nitrogen and oxygen atoms in total. The number of aromatic nitrogens is 2. The van der Waals surface area contributed by atoms with E-state index in [1.165, 1.54) is 25.3 Å². The lowest BCUT2D eigenvalue weighted by Crippen LogP contribution is -2.07. The highest BCUT2D eigenvalue weighted by atomic mass is 35.5. The molecule has 1 heterocycles. The molecule has 21 heavy (non-hydrogen) atoms. The molecule has 0 atom stereocenters. The molecule has 0 unspecified atom stereocenters. The summed E-state index contributed by atoms with van der Waals surface area (Å²) >= 11 is 11.9. The van der Waals surface area contributed by atoms with Crippen LogP contribution in [-0.2, 0) is 9.84 Å². The number of benzene rings is 1. The van der Waals surface area contributed by atoms with Gasteiger partial charge in [0.1, 0.15) is 5.69 Å². The molecule has 112 valence electrons. The van der Waals surface area contributed by atoms with E-state index < -0.39 is 20.7 Å². The standard InChI is InChI=1S/C12H10Cl2N2O4S/c1-20-11-10(17)9(15-12(16-11)21(2,18)19)7-4-3-6(13)5-8(7)14/h3-5,17H,1-2H3. The molecule has 0 saturated heterocycles. The first-order valence-corrected chi connectivity index (χ1v) is 8.19. The Labute approximate surface area is 131 Å². The van der Waals surface area contributed by atoms with Crippen molar-refractivity contribution in [1.29, 1.82) is 0 Å². The van der Waals surface area contributed by atoms with Crippen molar-refractivity contribution in [2.75, 3.05) is 13.4 Å². The van der Waals surface area contributed by atoms with Crippen LogP contribution in [0.5, 0.6) is 11.6 Å². The molecule has 0 radical (unpaired) electrons. The number of sulfone groups is 1. The minimum atomic E-state index is -3.69. The lowest BCUT2D eigenvalue weighted by atomic mass is 10.1. The monoisotopic (exact) mass is 348 g/mol. The van der Waals surface area contributed by atoms with Crippen LogP contribution in [0.1, 0.15) is 0 Å². The van der Waals surface area contributed by atoms with Gasteiger partial charge in [-0.1, -0.05) is 23.2 Å². The van der Waals surface area contributed by atoms with Crippen molar-refractivity contribution >= 4 is 33.0 Å². The predicted octanol–water partition coefficient (Wildman–Crippen LogP) is 2.57. The second-order valence-corrected chi connectivity index (χ2v) is 6.86. The van der Waals surface area contributed by atoms with Crippen molar-refractivity contribution in [3.05, 3.63) is 28.2 Å². The van der Waals surface area contributed by atoms with Gasteiger partial charge < -0.3 is 9.84 Å². The van der Waals surface area contributed by atoms with Crippen LogP contribution >= 0.6 is 23.2 Å². The fourth-order valence-corrected chi connectivity index (χ4v) is 2.60. The third kappa shape index (κ3) is 3.20. The van der Waals surface area contributed by atoms with E-state index in [1.807, 2.05) is 0 Å². The molecule has 1 aromatic carbocycles. The number of hydrogen-bond donors (Lipinski definition) is 1. The zero-order chi connectivity index (χ0) is 15.8. The second-order valence-electron chi connectivity index (χ2n) is 4.11. The van der Waals surface area contributed by atoms with Gasteiger partial charge in [-0.2, -0.15) is 4.98 Å². The van der Waals surface area contributed by atoms with Crippen LogP contribution in [0.15, 0.2) is 23.4 Å². The maximum Gasteiger partial charge on any atom is 0.261 e. The van der Waals surface area contributed by atoms with Gasteiger partial charge in [-0.25, -0.2) is 13.4 Å². The van der Waals surface area contributed by atoms with E-state index in [0.29, 0.717) is 10.6 Å². The topological polar surface area (TPSA) is 89.4 Å². The second kappa shape index (κ2) is 5.67. The van der Waals surface area contributed by atoms with E-state index in [-0.39, 0.29) is 16.6 Å². The molecular weight excluding hydrogens is 339 g/mol. The first kappa shape index (κ1) is 15.8. The Morgan fingerprint density at radius 3 is 2.43 bits per heavy atom. The molecule has 0 aliphatic heterocycles. The summed E-state index contributed by atoms with van der Waals surface area (Å²) in [4.78, 5) is 7.51. The van der Waals surface area contributed by atoms with Gasteiger partial charge in [0, 0.05) is 16.8 Å². The van der Waals surface area contributed by atoms with Gasteiger partial charge in [-0.15, -0.1) is 0 Å². The average Bonchev–Trinajstić information content (AvgIpc) is 2.38. The third-order valence-corrected chi connectivity index (χ3v) is 3.94. The van der Waals surface area contributed by atoms with Crippen LogP contribution in [0.4, 0.5) is 0 Å². The molecule has 1 N–H and O–H groups in total. The molecule has 0 aliphatic rings. The zero-order valence-electron chi connectivity index (χ0n) is 11.0. The van der Waals surface area contributed by atoms with Crippen molar-refractivity contribution in [3.8, 4) is 22.9 Å². The van der Waals surface area contributed by atoms with Crippen LogP contribution in [0.3, 0.4) is 0 Å². The minimum absolute atomic E-state index is 0.0519. The van der Waals surface area contributed by atoms with Crippen LogP contribution in [0.2, 0.25) is 10.0 Å². The predicted molar refractivity (Wildman–Crippen MR) is 78.8 cm³/mol. The minimum Gasteiger partial charge on any atom is -0.502 e. The van der Waals surface area contributed by atoms with Crippen molar-refractivity contribution in [3.63, 3.8) is 0 Å². The molecule has 0 saturated carbocycles. The van der Waals surface area contributed by atoms with Gasteiger partial charge >= 0.3 is 0 Å². The number of methoxy groups -OCH3 is 1. The Morgan fingerprint density at radius 2 is 1.90 bits per heavy atom. The van der Waals surface area contributed by atoms with E-state index in [0.717, 1.165) is 6.26 Å². The van der Waals surface area contributed by atoms with E-state index >= 15 is 0 Å². The lowest BCUT2D eigenvalue weighted by Gasteiger charge is -2.10. The maximum absolute atomic E-state index is 11.6. The molecule has 1 aromatic heterocycles. The SMILES string of the molecule is COc1nc(S(C)(=O)=O)nc(-c2ccc(Cl)cc2Cl)c1O. The Kier molecular flexibility index (Phi) is 4.27. The molecule has 0 bridgehead atoms. The maximum atomic E-state index is 11.6. The number of aromatic hydroxyl groups is 1. The molecular formula is C12H10Cl2N2O4S. The quantitative estimate of drug-likeness (QED) is 0.857. The van der Waals surface area contributed by atoms with Gasteiger partial charge in [-0.3, -0.25) is 0 Å². The van der Waals surface area contributed by atoms with Crippen LogP contribution in [0.25, 0.3) is 11.3 Å². The first-order chi connectivity index (χ1) is 9.74. The van der Waals surface area contributed by atoms with Gasteiger partial charge in [0.05, 0.1) is 12.1 Å². The average molecular weight is 349 g/mol. The molecule has 0 amide bonds. The Hall–Kier alpha value is -1.57. The normalized spacial score (nSPS) is 11.4.